The van der Waals surface area contributed by atoms with E-state index in [2.05, 4.69) is 16.6 Å². The predicted molar refractivity (Wildman–Crippen MR) is 99.5 cm³/mol. The number of carbonyl (C=O) groups excluding carboxylic acids is 1. The molecule has 0 radical (unpaired) electrons. The van der Waals surface area contributed by atoms with Crippen LogP contribution in [0.5, 0.6) is 11.5 Å². The molecule has 0 saturated heterocycles. The molecular formula is C20H24N2O3. The maximum absolute atomic E-state index is 12.1. The molecule has 1 amide bonds. The van der Waals surface area contributed by atoms with Crippen molar-refractivity contribution >= 4 is 11.6 Å². The highest BCUT2D eigenvalue weighted by molar-refractivity contribution is 5.99. The molecule has 5 nitrogen and oxygen atoms in total. The lowest BCUT2D eigenvalue weighted by molar-refractivity contribution is -0.120. The molecule has 2 rings (SSSR count). The van der Waals surface area contributed by atoms with E-state index in [1.54, 1.807) is 14.2 Å². The number of hydrogen-bond acceptors (Lipinski definition) is 4. The Morgan fingerprint density at radius 2 is 1.76 bits per heavy atom. The highest BCUT2D eigenvalue weighted by Crippen LogP contribution is 2.27. The van der Waals surface area contributed by atoms with E-state index in [1.165, 1.54) is 5.56 Å². The first kappa shape index (κ1) is 18.5. The van der Waals surface area contributed by atoms with Gasteiger partial charge in [0.1, 0.15) is 0 Å². The Kier molecular flexibility index (Phi) is 6.17. The summed E-state index contributed by atoms with van der Waals surface area (Å²) in [6, 6.07) is 11.6. The number of hydrazone groups is 1. The Labute approximate surface area is 148 Å². The monoisotopic (exact) mass is 340 g/mol. The summed E-state index contributed by atoms with van der Waals surface area (Å²) in [4.78, 5) is 12.1. The molecular weight excluding hydrogens is 316 g/mol. The summed E-state index contributed by atoms with van der Waals surface area (Å²) in [5.74, 6) is 1.13. The lowest BCUT2D eigenvalue weighted by Crippen LogP contribution is -2.21. The van der Waals surface area contributed by atoms with Gasteiger partial charge in [-0.05, 0) is 50.1 Å². The summed E-state index contributed by atoms with van der Waals surface area (Å²) in [6.07, 6.45) is 0.300. The van der Waals surface area contributed by atoms with E-state index in [-0.39, 0.29) is 5.91 Å². The molecule has 0 bridgehead atoms. The van der Waals surface area contributed by atoms with Gasteiger partial charge in [0, 0.05) is 5.56 Å². The van der Waals surface area contributed by atoms with Gasteiger partial charge in [-0.1, -0.05) is 23.8 Å². The molecule has 0 aliphatic rings. The molecule has 0 saturated carbocycles. The van der Waals surface area contributed by atoms with Crippen LogP contribution in [0.1, 0.15) is 29.2 Å². The van der Waals surface area contributed by atoms with Crippen molar-refractivity contribution in [3.63, 3.8) is 0 Å². The number of amides is 1. The molecule has 0 aromatic heterocycles. The summed E-state index contributed by atoms with van der Waals surface area (Å²) in [6.45, 7) is 5.88. The molecule has 0 spiro atoms. The maximum Gasteiger partial charge on any atom is 0.244 e. The van der Waals surface area contributed by atoms with E-state index in [0.29, 0.717) is 23.6 Å². The summed E-state index contributed by atoms with van der Waals surface area (Å²) < 4.78 is 10.5. The SMILES string of the molecule is COc1ccc(/C(C)=N\NC(=O)Cc2ccc(C)cc2C)cc1OC. The van der Waals surface area contributed by atoms with Crippen molar-refractivity contribution in [3.8, 4) is 11.5 Å². The molecule has 132 valence electrons. The average Bonchev–Trinajstić information content (AvgIpc) is 2.61. The largest absolute Gasteiger partial charge is 0.493 e. The van der Waals surface area contributed by atoms with Crippen molar-refractivity contribution in [2.45, 2.75) is 27.2 Å². The van der Waals surface area contributed by atoms with Gasteiger partial charge in [-0.2, -0.15) is 5.10 Å². The van der Waals surface area contributed by atoms with Crippen molar-refractivity contribution in [2.24, 2.45) is 5.10 Å². The molecule has 0 atom stereocenters. The molecule has 0 fully saturated rings. The standard InChI is InChI=1S/C20H24N2O3/c1-13-6-7-16(14(2)10-13)12-20(23)22-21-15(3)17-8-9-18(24-4)19(11-17)25-5/h6-11H,12H2,1-5H3,(H,22,23)/b21-15-. The minimum Gasteiger partial charge on any atom is -0.493 e. The fourth-order valence-electron chi connectivity index (χ4n) is 2.53. The predicted octanol–water partition coefficient (Wildman–Crippen LogP) is 3.40. The normalized spacial score (nSPS) is 11.2. The molecule has 0 aliphatic heterocycles. The third-order valence-corrected chi connectivity index (χ3v) is 4.00. The van der Waals surface area contributed by atoms with Crippen molar-refractivity contribution < 1.29 is 14.3 Å². The van der Waals surface area contributed by atoms with Crippen LogP contribution in [0.25, 0.3) is 0 Å². The molecule has 0 aliphatic carbocycles. The Hall–Kier alpha value is -2.82. The van der Waals surface area contributed by atoms with E-state index >= 15 is 0 Å². The lowest BCUT2D eigenvalue weighted by Gasteiger charge is -2.10. The van der Waals surface area contributed by atoms with Crippen LogP contribution < -0.4 is 14.9 Å². The zero-order valence-electron chi connectivity index (χ0n) is 15.3. The van der Waals surface area contributed by atoms with Crippen LogP contribution in [0, 0.1) is 13.8 Å². The lowest BCUT2D eigenvalue weighted by atomic mass is 10.0. The van der Waals surface area contributed by atoms with Crippen LogP contribution in [0.3, 0.4) is 0 Å². The van der Waals surface area contributed by atoms with Crippen molar-refractivity contribution in [2.75, 3.05) is 14.2 Å². The minimum absolute atomic E-state index is 0.147. The Bertz CT molecular complexity index is 798. The zero-order valence-corrected chi connectivity index (χ0v) is 15.3. The van der Waals surface area contributed by atoms with Gasteiger partial charge in [0.25, 0.3) is 0 Å². The van der Waals surface area contributed by atoms with Crippen LogP contribution in [-0.2, 0) is 11.2 Å². The zero-order chi connectivity index (χ0) is 18.4. The van der Waals surface area contributed by atoms with Crippen LogP contribution in [0.4, 0.5) is 0 Å². The van der Waals surface area contributed by atoms with Crippen LogP contribution >= 0.6 is 0 Å². The maximum atomic E-state index is 12.1. The van der Waals surface area contributed by atoms with Crippen molar-refractivity contribution in [1.29, 1.82) is 0 Å². The number of methoxy groups -OCH3 is 2. The Morgan fingerprint density at radius 3 is 2.40 bits per heavy atom. The summed E-state index contributed by atoms with van der Waals surface area (Å²) in [7, 11) is 3.17. The number of aryl methyl sites for hydroxylation is 2. The van der Waals surface area contributed by atoms with Gasteiger partial charge in [0.05, 0.1) is 26.4 Å². The molecule has 1 N–H and O–H groups in total. The van der Waals surface area contributed by atoms with E-state index in [1.807, 2.05) is 51.1 Å². The first-order valence-electron chi connectivity index (χ1n) is 8.06. The van der Waals surface area contributed by atoms with Crippen molar-refractivity contribution in [1.82, 2.24) is 5.43 Å². The van der Waals surface area contributed by atoms with Gasteiger partial charge in [0.15, 0.2) is 11.5 Å². The third-order valence-electron chi connectivity index (χ3n) is 4.00. The fourth-order valence-corrected chi connectivity index (χ4v) is 2.53. The number of carbonyl (C=O) groups is 1. The summed E-state index contributed by atoms with van der Waals surface area (Å²) >= 11 is 0. The molecule has 2 aromatic carbocycles. The molecule has 25 heavy (non-hydrogen) atoms. The van der Waals surface area contributed by atoms with Crippen LogP contribution in [0.15, 0.2) is 41.5 Å². The summed E-state index contributed by atoms with van der Waals surface area (Å²) in [5, 5.41) is 4.19. The van der Waals surface area contributed by atoms with Gasteiger partial charge in [-0.3, -0.25) is 4.79 Å². The van der Waals surface area contributed by atoms with Gasteiger partial charge < -0.3 is 9.47 Å². The van der Waals surface area contributed by atoms with E-state index < -0.39 is 0 Å². The van der Waals surface area contributed by atoms with Gasteiger partial charge in [-0.15, -0.1) is 0 Å². The minimum atomic E-state index is -0.147. The van der Waals surface area contributed by atoms with Crippen LogP contribution in [-0.4, -0.2) is 25.8 Å². The van der Waals surface area contributed by atoms with E-state index in [0.717, 1.165) is 16.7 Å². The summed E-state index contributed by atoms with van der Waals surface area (Å²) in [5.41, 5.74) is 7.45. The van der Waals surface area contributed by atoms with Crippen LogP contribution in [0.2, 0.25) is 0 Å². The number of hydrogen-bond donors (Lipinski definition) is 1. The highest BCUT2D eigenvalue weighted by Gasteiger charge is 2.08. The number of ether oxygens (including phenoxy) is 2. The number of rotatable bonds is 6. The number of nitrogens with zero attached hydrogens (tertiary/aromatic N) is 1. The highest BCUT2D eigenvalue weighted by atomic mass is 16.5. The average molecular weight is 340 g/mol. The quantitative estimate of drug-likeness (QED) is 0.647. The topological polar surface area (TPSA) is 59.9 Å². The molecule has 0 unspecified atom stereocenters. The third kappa shape index (κ3) is 4.83. The number of benzene rings is 2. The van der Waals surface area contributed by atoms with Gasteiger partial charge in [0.2, 0.25) is 5.91 Å². The van der Waals surface area contributed by atoms with Crippen molar-refractivity contribution in [3.05, 3.63) is 58.7 Å². The first-order valence-corrected chi connectivity index (χ1v) is 8.06. The van der Waals surface area contributed by atoms with Gasteiger partial charge >= 0.3 is 0 Å². The second kappa shape index (κ2) is 8.33. The van der Waals surface area contributed by atoms with E-state index in [9.17, 15) is 4.79 Å². The smallest absolute Gasteiger partial charge is 0.244 e. The Morgan fingerprint density at radius 1 is 1.04 bits per heavy atom. The first-order chi connectivity index (χ1) is 11.9. The van der Waals surface area contributed by atoms with Gasteiger partial charge in [-0.25, -0.2) is 5.43 Å². The van der Waals surface area contributed by atoms with E-state index in [4.69, 9.17) is 9.47 Å². The molecule has 5 heteroatoms. The molecule has 2 aromatic rings. The molecule has 0 heterocycles. The second-order valence-corrected chi connectivity index (χ2v) is 5.91. The Balaban J connectivity index is 2.06. The fraction of sp³-hybridized carbons (Fsp3) is 0.300. The number of nitrogens with one attached hydrogen (secondary N) is 1. The second-order valence-electron chi connectivity index (χ2n) is 5.91.